The highest BCUT2D eigenvalue weighted by molar-refractivity contribution is 5.80. The first kappa shape index (κ1) is 14.4. The highest BCUT2D eigenvalue weighted by atomic mass is 16.5. The van der Waals surface area contributed by atoms with Crippen LogP contribution in [0.3, 0.4) is 0 Å². The van der Waals surface area contributed by atoms with Crippen LogP contribution in [0.2, 0.25) is 0 Å². The van der Waals surface area contributed by atoms with E-state index < -0.39 is 0 Å². The zero-order chi connectivity index (χ0) is 15.5. The molecule has 0 radical (unpaired) electrons. The second kappa shape index (κ2) is 6.48. The number of hydrogen-bond acceptors (Lipinski definition) is 4. The van der Waals surface area contributed by atoms with Crippen molar-refractivity contribution in [1.29, 1.82) is 0 Å². The second-order valence-electron chi connectivity index (χ2n) is 5.77. The number of nitrogens with zero attached hydrogens (tertiary/aromatic N) is 4. The van der Waals surface area contributed by atoms with Gasteiger partial charge in [0, 0.05) is 44.1 Å². The van der Waals surface area contributed by atoms with Gasteiger partial charge in [0.25, 0.3) is 0 Å². The van der Waals surface area contributed by atoms with Crippen LogP contribution in [0.5, 0.6) is 0 Å². The molecule has 0 unspecified atom stereocenters. The zero-order valence-electron chi connectivity index (χ0n) is 13.1. The van der Waals surface area contributed by atoms with Crippen LogP contribution < -0.4 is 0 Å². The Balaban J connectivity index is 1.68. The molecule has 3 heterocycles. The molecule has 0 N–H and O–H groups in total. The second-order valence-corrected chi connectivity index (χ2v) is 5.77. The molecule has 0 spiro atoms. The molecule has 1 aromatic carbocycles. The Hall–Kier alpha value is -2.24. The Morgan fingerprint density at radius 1 is 1.00 bits per heavy atom. The van der Waals surface area contributed by atoms with Crippen LogP contribution >= 0.6 is 0 Å². The average molecular weight is 308 g/mol. The lowest BCUT2D eigenvalue weighted by atomic mass is 10.2. The first-order valence-corrected chi connectivity index (χ1v) is 8.07. The van der Waals surface area contributed by atoms with Gasteiger partial charge >= 0.3 is 0 Å². The van der Waals surface area contributed by atoms with Crippen molar-refractivity contribution in [2.45, 2.75) is 6.54 Å². The molecule has 0 bridgehead atoms. The minimum Gasteiger partial charge on any atom is -0.379 e. The predicted octanol–water partition coefficient (Wildman–Crippen LogP) is 2.43. The number of fused-ring (bicyclic) bond motifs is 1. The van der Waals surface area contributed by atoms with Gasteiger partial charge in [-0.05, 0) is 24.3 Å². The molecule has 4 rings (SSSR count). The van der Waals surface area contributed by atoms with Crippen molar-refractivity contribution in [2.75, 3.05) is 32.8 Å². The summed E-state index contributed by atoms with van der Waals surface area (Å²) >= 11 is 0. The number of pyridine rings is 1. The highest BCUT2D eigenvalue weighted by Gasteiger charge is 2.15. The molecule has 0 aliphatic carbocycles. The van der Waals surface area contributed by atoms with Gasteiger partial charge in [-0.1, -0.05) is 12.1 Å². The molecule has 0 amide bonds. The van der Waals surface area contributed by atoms with E-state index in [4.69, 9.17) is 9.72 Å². The van der Waals surface area contributed by atoms with E-state index in [2.05, 4.69) is 38.7 Å². The minimum atomic E-state index is 0.833. The lowest BCUT2D eigenvalue weighted by molar-refractivity contribution is 0.0366. The maximum absolute atomic E-state index is 5.43. The number of aromatic nitrogens is 3. The van der Waals surface area contributed by atoms with Crippen molar-refractivity contribution >= 4 is 11.0 Å². The van der Waals surface area contributed by atoms with Crippen molar-refractivity contribution in [2.24, 2.45) is 0 Å². The van der Waals surface area contributed by atoms with Gasteiger partial charge in [-0.3, -0.25) is 9.88 Å². The van der Waals surface area contributed by atoms with E-state index in [1.165, 1.54) is 5.52 Å². The number of benzene rings is 1. The molecule has 23 heavy (non-hydrogen) atoms. The molecule has 1 aliphatic rings. The Bertz CT molecular complexity index is 778. The van der Waals surface area contributed by atoms with Crippen molar-refractivity contribution in [3.05, 3.63) is 48.8 Å². The lowest BCUT2D eigenvalue weighted by Crippen LogP contribution is -2.38. The largest absolute Gasteiger partial charge is 0.379 e. The minimum absolute atomic E-state index is 0.833. The molecule has 118 valence electrons. The van der Waals surface area contributed by atoms with Gasteiger partial charge in [-0.2, -0.15) is 0 Å². The fraction of sp³-hybridized carbons (Fsp3) is 0.333. The van der Waals surface area contributed by atoms with Crippen LogP contribution in [0.1, 0.15) is 0 Å². The van der Waals surface area contributed by atoms with Crippen LogP contribution in [-0.2, 0) is 11.3 Å². The van der Waals surface area contributed by atoms with E-state index in [-0.39, 0.29) is 0 Å². The van der Waals surface area contributed by atoms with E-state index >= 15 is 0 Å². The number of ether oxygens (including phenoxy) is 1. The van der Waals surface area contributed by atoms with Crippen LogP contribution in [0.4, 0.5) is 0 Å². The molecule has 5 nitrogen and oxygen atoms in total. The summed E-state index contributed by atoms with van der Waals surface area (Å²) in [6, 6.07) is 12.3. The number of hydrogen-bond donors (Lipinski definition) is 0. The molecule has 2 aromatic heterocycles. The van der Waals surface area contributed by atoms with Crippen LogP contribution in [0.15, 0.2) is 48.8 Å². The van der Waals surface area contributed by atoms with Crippen LogP contribution in [0, 0.1) is 0 Å². The molecule has 5 heteroatoms. The normalized spacial score (nSPS) is 16.0. The molecule has 0 atom stereocenters. The van der Waals surface area contributed by atoms with E-state index in [1.54, 1.807) is 6.20 Å². The van der Waals surface area contributed by atoms with Crippen LogP contribution in [-0.4, -0.2) is 52.3 Å². The number of morpholine rings is 1. The Labute approximate surface area is 135 Å². The quantitative estimate of drug-likeness (QED) is 0.742. The number of para-hydroxylation sites is 2. The third kappa shape index (κ3) is 2.98. The maximum Gasteiger partial charge on any atom is 0.142 e. The van der Waals surface area contributed by atoms with E-state index in [0.29, 0.717) is 0 Å². The molecule has 1 aliphatic heterocycles. The number of imidazole rings is 1. The van der Waals surface area contributed by atoms with Crippen molar-refractivity contribution in [1.82, 2.24) is 19.4 Å². The molecule has 3 aromatic rings. The summed E-state index contributed by atoms with van der Waals surface area (Å²) < 4.78 is 7.74. The topological polar surface area (TPSA) is 43.2 Å². The summed E-state index contributed by atoms with van der Waals surface area (Å²) in [6.07, 6.45) is 3.68. The van der Waals surface area contributed by atoms with Gasteiger partial charge in [0.1, 0.15) is 5.82 Å². The summed E-state index contributed by atoms with van der Waals surface area (Å²) in [6.45, 7) is 5.62. The number of rotatable bonds is 4. The van der Waals surface area contributed by atoms with Crippen molar-refractivity contribution < 1.29 is 4.74 Å². The standard InChI is InChI=1S/C18H20N4O/c1-2-6-17-16(5-1)20-18(15-4-3-7-19-14-15)22(17)9-8-21-10-12-23-13-11-21/h1-7,14H,8-13H2. The molecular weight excluding hydrogens is 288 g/mol. The molecular formula is C18H20N4O. The average Bonchev–Trinajstić information content (AvgIpc) is 3.00. The Morgan fingerprint density at radius 2 is 1.87 bits per heavy atom. The first-order valence-electron chi connectivity index (χ1n) is 8.07. The molecule has 1 saturated heterocycles. The maximum atomic E-state index is 5.43. The Morgan fingerprint density at radius 3 is 2.70 bits per heavy atom. The van der Waals surface area contributed by atoms with Gasteiger partial charge < -0.3 is 9.30 Å². The fourth-order valence-electron chi connectivity index (χ4n) is 3.08. The van der Waals surface area contributed by atoms with Gasteiger partial charge in [-0.25, -0.2) is 4.98 Å². The monoisotopic (exact) mass is 308 g/mol. The van der Waals surface area contributed by atoms with Crippen LogP contribution in [0.25, 0.3) is 22.4 Å². The fourth-order valence-corrected chi connectivity index (χ4v) is 3.08. The Kier molecular flexibility index (Phi) is 4.05. The lowest BCUT2D eigenvalue weighted by Gasteiger charge is -2.27. The van der Waals surface area contributed by atoms with Crippen molar-refractivity contribution in [3.8, 4) is 11.4 Å². The first-order chi connectivity index (χ1) is 11.4. The summed E-state index contributed by atoms with van der Waals surface area (Å²) in [4.78, 5) is 11.5. The third-order valence-corrected chi connectivity index (χ3v) is 4.32. The van der Waals surface area contributed by atoms with Gasteiger partial charge in [0.15, 0.2) is 0 Å². The molecule has 1 fully saturated rings. The van der Waals surface area contributed by atoms with E-state index in [0.717, 1.165) is 56.3 Å². The summed E-state index contributed by atoms with van der Waals surface area (Å²) in [7, 11) is 0. The van der Waals surface area contributed by atoms with Gasteiger partial charge in [-0.15, -0.1) is 0 Å². The predicted molar refractivity (Wildman–Crippen MR) is 90.2 cm³/mol. The summed E-state index contributed by atoms with van der Waals surface area (Å²) in [5.74, 6) is 0.993. The SMILES string of the molecule is c1cncc(-c2nc3ccccc3n2CCN2CCOCC2)c1. The van der Waals surface area contributed by atoms with E-state index in [9.17, 15) is 0 Å². The molecule has 0 saturated carbocycles. The smallest absolute Gasteiger partial charge is 0.142 e. The third-order valence-electron chi connectivity index (χ3n) is 4.32. The van der Waals surface area contributed by atoms with E-state index in [1.807, 2.05) is 18.3 Å². The highest BCUT2D eigenvalue weighted by Crippen LogP contribution is 2.24. The summed E-state index contributed by atoms with van der Waals surface area (Å²) in [5.41, 5.74) is 3.28. The summed E-state index contributed by atoms with van der Waals surface area (Å²) in [5, 5.41) is 0. The van der Waals surface area contributed by atoms with Crippen molar-refractivity contribution in [3.63, 3.8) is 0 Å². The van der Waals surface area contributed by atoms with Gasteiger partial charge in [0.05, 0.1) is 24.2 Å². The van der Waals surface area contributed by atoms with Gasteiger partial charge in [0.2, 0.25) is 0 Å². The zero-order valence-corrected chi connectivity index (χ0v) is 13.1.